The summed E-state index contributed by atoms with van der Waals surface area (Å²) < 4.78 is 0. The van der Waals surface area contributed by atoms with Gasteiger partial charge in [-0.15, -0.1) is 0 Å². The molecular weight excluding hydrogens is 310 g/mol. The minimum Gasteiger partial charge on any atom is -0.250 e. The van der Waals surface area contributed by atoms with Crippen LogP contribution in [0.2, 0.25) is 0 Å². The van der Waals surface area contributed by atoms with Gasteiger partial charge in [-0.2, -0.15) is 20.4 Å². The minimum atomic E-state index is 0.716. The summed E-state index contributed by atoms with van der Waals surface area (Å²) in [5.41, 5.74) is 3.64. The summed E-state index contributed by atoms with van der Waals surface area (Å²) in [4.78, 5) is 4.41. The Bertz CT molecular complexity index is 859. The molecule has 0 aliphatic carbocycles. The largest absolute Gasteiger partial charge is 0.250 e. The van der Waals surface area contributed by atoms with Gasteiger partial charge in [0.15, 0.2) is 0 Å². The fraction of sp³-hybridized carbons (Fsp3) is 0.0500. The van der Waals surface area contributed by atoms with Crippen LogP contribution in [-0.4, -0.2) is 30.6 Å². The Morgan fingerprint density at radius 2 is 1.16 bits per heavy atom. The van der Waals surface area contributed by atoms with Crippen LogP contribution in [0.1, 0.15) is 17.5 Å². The van der Waals surface area contributed by atoms with Crippen molar-refractivity contribution in [2.75, 3.05) is 0 Å². The average molecular weight is 327 g/mol. The van der Waals surface area contributed by atoms with E-state index in [0.717, 1.165) is 22.5 Å². The number of allylic oxidation sites excluding steroid dienone is 2. The molecule has 0 fully saturated rings. The molecule has 0 unspecified atom stereocenters. The van der Waals surface area contributed by atoms with Gasteiger partial charge < -0.3 is 0 Å². The zero-order valence-electron chi connectivity index (χ0n) is 13.6. The first-order chi connectivity index (χ1) is 12.4. The maximum absolute atomic E-state index is 4.41. The van der Waals surface area contributed by atoms with E-state index in [-0.39, 0.29) is 0 Å². The van der Waals surface area contributed by atoms with Crippen LogP contribution in [0, 0.1) is 0 Å². The van der Waals surface area contributed by atoms with E-state index in [1.165, 1.54) is 0 Å². The van der Waals surface area contributed by atoms with Gasteiger partial charge in [0.25, 0.3) is 0 Å². The van der Waals surface area contributed by atoms with E-state index in [0.29, 0.717) is 6.42 Å². The zero-order valence-corrected chi connectivity index (χ0v) is 13.6. The Morgan fingerprint density at radius 3 is 1.76 bits per heavy atom. The second kappa shape index (κ2) is 8.98. The van der Waals surface area contributed by atoms with Crippen molar-refractivity contribution in [3.8, 4) is 0 Å². The molecule has 0 N–H and O–H groups in total. The standard InChI is InChI=1S/C20H17N5/c1-3-7-17(8-4-1)13-21-23-15-19-11-12-20(25-19)16-24-22-14-18-9-5-2-6-10-18/h1-11,13-16H,12H2/b21-13-,22-14-,23-15-,24-16-. The summed E-state index contributed by atoms with van der Waals surface area (Å²) >= 11 is 0. The van der Waals surface area contributed by atoms with Crippen LogP contribution in [0.5, 0.6) is 0 Å². The molecule has 0 radical (unpaired) electrons. The summed E-state index contributed by atoms with van der Waals surface area (Å²) in [7, 11) is 0. The molecule has 0 spiro atoms. The Hall–Kier alpha value is -3.47. The van der Waals surface area contributed by atoms with Gasteiger partial charge in [0.2, 0.25) is 0 Å². The molecule has 122 valence electrons. The van der Waals surface area contributed by atoms with Crippen LogP contribution in [0.4, 0.5) is 0 Å². The molecule has 2 aromatic rings. The molecule has 3 rings (SSSR count). The summed E-state index contributed by atoms with van der Waals surface area (Å²) in [5, 5.41) is 16.1. The van der Waals surface area contributed by atoms with E-state index >= 15 is 0 Å². The zero-order chi connectivity index (χ0) is 17.2. The lowest BCUT2D eigenvalue weighted by atomic mass is 10.2. The molecule has 0 aromatic heterocycles. The molecule has 0 saturated heterocycles. The minimum absolute atomic E-state index is 0.716. The van der Waals surface area contributed by atoms with E-state index in [2.05, 4.69) is 25.4 Å². The third-order valence-electron chi connectivity index (χ3n) is 3.34. The van der Waals surface area contributed by atoms with Gasteiger partial charge >= 0.3 is 0 Å². The van der Waals surface area contributed by atoms with Crippen molar-refractivity contribution in [2.45, 2.75) is 6.42 Å². The van der Waals surface area contributed by atoms with Crippen molar-refractivity contribution in [3.05, 3.63) is 83.6 Å². The second-order valence-electron chi connectivity index (χ2n) is 5.24. The number of aliphatic imine (C=N–C) groups is 1. The van der Waals surface area contributed by atoms with Gasteiger partial charge in [-0.3, -0.25) is 4.99 Å². The van der Waals surface area contributed by atoms with Crippen LogP contribution < -0.4 is 0 Å². The molecule has 0 saturated carbocycles. The molecule has 0 atom stereocenters. The Kier molecular flexibility index (Phi) is 5.89. The topological polar surface area (TPSA) is 61.8 Å². The molecular formula is C20H17N5. The maximum Gasteiger partial charge on any atom is 0.0799 e. The van der Waals surface area contributed by atoms with Crippen LogP contribution in [0.3, 0.4) is 0 Å². The normalized spacial score (nSPS) is 14.9. The molecule has 1 aliphatic rings. The second-order valence-corrected chi connectivity index (χ2v) is 5.24. The van der Waals surface area contributed by atoms with Gasteiger partial charge in [0, 0.05) is 6.42 Å². The molecule has 2 aromatic carbocycles. The SMILES string of the molecule is C1=C(/C=N\N=C/c2ccccc2)N=C(/C=N\N=C/c2ccccc2)C1. The summed E-state index contributed by atoms with van der Waals surface area (Å²) in [6.45, 7) is 0. The first-order valence-corrected chi connectivity index (χ1v) is 7.91. The van der Waals surface area contributed by atoms with Crippen molar-refractivity contribution < 1.29 is 0 Å². The first kappa shape index (κ1) is 16.4. The maximum atomic E-state index is 4.41. The van der Waals surface area contributed by atoms with Crippen molar-refractivity contribution in [1.29, 1.82) is 0 Å². The van der Waals surface area contributed by atoms with Gasteiger partial charge in [-0.25, -0.2) is 0 Å². The Balaban J connectivity index is 1.50. The number of rotatable bonds is 6. The van der Waals surface area contributed by atoms with Crippen molar-refractivity contribution in [1.82, 2.24) is 0 Å². The van der Waals surface area contributed by atoms with Gasteiger partial charge in [-0.05, 0) is 11.1 Å². The molecule has 0 bridgehead atoms. The highest BCUT2D eigenvalue weighted by Crippen LogP contribution is 2.07. The van der Waals surface area contributed by atoms with Crippen molar-refractivity contribution in [3.63, 3.8) is 0 Å². The van der Waals surface area contributed by atoms with Gasteiger partial charge in [0.05, 0.1) is 36.3 Å². The smallest absolute Gasteiger partial charge is 0.0799 e. The van der Waals surface area contributed by atoms with Gasteiger partial charge in [0.1, 0.15) is 0 Å². The van der Waals surface area contributed by atoms with Crippen molar-refractivity contribution >= 4 is 30.6 Å². The third-order valence-corrected chi connectivity index (χ3v) is 3.34. The quantitative estimate of drug-likeness (QED) is 0.570. The molecule has 25 heavy (non-hydrogen) atoms. The summed E-state index contributed by atoms with van der Waals surface area (Å²) in [6.07, 6.45) is 9.39. The summed E-state index contributed by atoms with van der Waals surface area (Å²) in [5.74, 6) is 0. The van der Waals surface area contributed by atoms with Crippen LogP contribution in [0.15, 0.2) is 97.8 Å². The van der Waals surface area contributed by atoms with Crippen LogP contribution >= 0.6 is 0 Å². The van der Waals surface area contributed by atoms with E-state index in [1.807, 2.05) is 66.7 Å². The number of benzene rings is 2. The first-order valence-electron chi connectivity index (χ1n) is 7.91. The van der Waals surface area contributed by atoms with Gasteiger partial charge in [-0.1, -0.05) is 66.7 Å². The van der Waals surface area contributed by atoms with E-state index in [4.69, 9.17) is 0 Å². The fourth-order valence-corrected chi connectivity index (χ4v) is 2.10. The monoisotopic (exact) mass is 327 g/mol. The Morgan fingerprint density at radius 1 is 0.640 bits per heavy atom. The molecule has 5 nitrogen and oxygen atoms in total. The predicted molar refractivity (Wildman–Crippen MR) is 105 cm³/mol. The van der Waals surface area contributed by atoms with E-state index < -0.39 is 0 Å². The average Bonchev–Trinajstić information content (AvgIpc) is 3.12. The number of hydrogen-bond acceptors (Lipinski definition) is 5. The lowest BCUT2D eigenvalue weighted by Gasteiger charge is -1.89. The lowest BCUT2D eigenvalue weighted by molar-refractivity contribution is 1.26. The summed E-state index contributed by atoms with van der Waals surface area (Å²) in [6, 6.07) is 19.6. The number of nitrogens with zero attached hydrogens (tertiary/aromatic N) is 5. The van der Waals surface area contributed by atoms with Crippen LogP contribution in [-0.2, 0) is 0 Å². The molecule has 5 heteroatoms. The fourth-order valence-electron chi connectivity index (χ4n) is 2.10. The Labute approximate surface area is 146 Å². The molecule has 0 amide bonds. The highest BCUT2D eigenvalue weighted by atomic mass is 15.2. The number of hydrogen-bond donors (Lipinski definition) is 0. The predicted octanol–water partition coefficient (Wildman–Crippen LogP) is 3.92. The van der Waals surface area contributed by atoms with E-state index in [9.17, 15) is 0 Å². The van der Waals surface area contributed by atoms with Crippen molar-refractivity contribution in [2.24, 2.45) is 25.4 Å². The highest BCUT2D eigenvalue weighted by Gasteiger charge is 2.04. The highest BCUT2D eigenvalue weighted by molar-refractivity contribution is 6.32. The van der Waals surface area contributed by atoms with E-state index in [1.54, 1.807) is 24.9 Å². The molecule has 1 heterocycles. The van der Waals surface area contributed by atoms with Crippen LogP contribution in [0.25, 0.3) is 0 Å². The lowest BCUT2D eigenvalue weighted by Crippen LogP contribution is -1.93. The molecule has 1 aliphatic heterocycles. The third kappa shape index (κ3) is 5.58.